The van der Waals surface area contributed by atoms with Gasteiger partial charge in [0.1, 0.15) is 5.82 Å². The number of aromatic nitrogens is 9. The fourth-order valence-corrected chi connectivity index (χ4v) is 4.53. The quantitative estimate of drug-likeness (QED) is 0.311. The van der Waals surface area contributed by atoms with Gasteiger partial charge in [-0.1, -0.05) is 51.5 Å². The van der Waals surface area contributed by atoms with Crippen LogP contribution in [0.1, 0.15) is 44.9 Å². The zero-order valence-electron chi connectivity index (χ0n) is 21.4. The monoisotopic (exact) mass is 497 g/mol. The molecule has 4 heterocycles. The molecule has 0 amide bonds. The minimum Gasteiger partial charge on any atom is -0.291 e. The molecule has 0 aliphatic carbocycles. The number of aryl methyl sites for hydroxylation is 1. The van der Waals surface area contributed by atoms with Gasteiger partial charge >= 0.3 is 5.69 Å². The summed E-state index contributed by atoms with van der Waals surface area (Å²) in [6.45, 7) is 7.63. The Morgan fingerprint density at radius 1 is 1.03 bits per heavy atom. The van der Waals surface area contributed by atoms with Crippen LogP contribution >= 0.6 is 0 Å². The number of hydrogen-bond donors (Lipinski definition) is 1. The first-order chi connectivity index (χ1) is 18.0. The summed E-state index contributed by atoms with van der Waals surface area (Å²) in [5, 5.41) is 18.5. The number of hydrogen-bond acceptors (Lipinski definition) is 6. The van der Waals surface area contributed by atoms with Crippen LogP contribution in [0.3, 0.4) is 0 Å². The maximum atomic E-state index is 13.8. The van der Waals surface area contributed by atoms with Crippen molar-refractivity contribution in [2.45, 2.75) is 53.1 Å². The second kappa shape index (κ2) is 10.7. The smallest absolute Gasteiger partial charge is 0.291 e. The Morgan fingerprint density at radius 3 is 2.57 bits per heavy atom. The molecule has 5 rings (SSSR count). The van der Waals surface area contributed by atoms with E-state index in [1.165, 1.54) is 0 Å². The maximum absolute atomic E-state index is 13.8. The van der Waals surface area contributed by atoms with Crippen molar-refractivity contribution in [1.29, 1.82) is 0 Å². The number of rotatable bonds is 10. The number of nitrogens with zero attached hydrogens (tertiary/aromatic N) is 8. The maximum Gasteiger partial charge on any atom is 0.334 e. The number of benzene rings is 1. The van der Waals surface area contributed by atoms with Gasteiger partial charge in [0.05, 0.1) is 12.7 Å². The third-order valence-corrected chi connectivity index (χ3v) is 6.37. The summed E-state index contributed by atoms with van der Waals surface area (Å²) >= 11 is 0. The summed E-state index contributed by atoms with van der Waals surface area (Å²) in [6, 6.07) is 11.9. The molecule has 0 bridgehead atoms. The van der Waals surface area contributed by atoms with Gasteiger partial charge in [-0.3, -0.25) is 14.1 Å². The van der Waals surface area contributed by atoms with E-state index in [1.807, 2.05) is 58.0 Å². The van der Waals surface area contributed by atoms with Crippen molar-refractivity contribution in [3.05, 3.63) is 82.9 Å². The fourth-order valence-electron chi connectivity index (χ4n) is 4.53. The molecule has 0 aliphatic heterocycles. The molecule has 5 aromatic rings. The lowest BCUT2D eigenvalue weighted by atomic mass is 10.00. The zero-order chi connectivity index (χ0) is 25.8. The van der Waals surface area contributed by atoms with Crippen molar-refractivity contribution in [3.63, 3.8) is 0 Å². The van der Waals surface area contributed by atoms with Crippen LogP contribution in [0.2, 0.25) is 0 Å². The van der Waals surface area contributed by atoms with Crippen LogP contribution in [0, 0.1) is 5.92 Å². The Balaban J connectivity index is 1.52. The standard InChI is InChI=1S/C27H31N9O/c1-4-5-6-23-18-35(25-12-14-29-36(25)16-19(2)3)27(37)34(23)17-22-15-28-13-11-24(22)20-7-9-21(10-8-20)26-30-32-33-31-26/h7-15,18-19H,4-6,16-17H2,1-3H3,(H,30,31,32,33). The lowest BCUT2D eigenvalue weighted by molar-refractivity contribution is 0.475. The molecule has 0 atom stereocenters. The van der Waals surface area contributed by atoms with Crippen LogP contribution in [-0.2, 0) is 19.5 Å². The van der Waals surface area contributed by atoms with E-state index in [9.17, 15) is 4.79 Å². The van der Waals surface area contributed by atoms with E-state index in [0.29, 0.717) is 18.3 Å². The zero-order valence-corrected chi connectivity index (χ0v) is 21.4. The first-order valence-corrected chi connectivity index (χ1v) is 12.7. The molecule has 4 aromatic heterocycles. The van der Waals surface area contributed by atoms with Crippen LogP contribution < -0.4 is 5.69 Å². The Kier molecular flexibility index (Phi) is 7.07. The highest BCUT2D eigenvalue weighted by Gasteiger charge is 2.18. The third-order valence-electron chi connectivity index (χ3n) is 6.37. The lowest BCUT2D eigenvalue weighted by Crippen LogP contribution is -2.26. The highest BCUT2D eigenvalue weighted by atomic mass is 16.1. The number of pyridine rings is 1. The molecule has 1 N–H and O–H groups in total. The summed E-state index contributed by atoms with van der Waals surface area (Å²) < 4.78 is 5.51. The second-order valence-corrected chi connectivity index (χ2v) is 9.59. The molecule has 0 aliphatic rings. The van der Waals surface area contributed by atoms with E-state index in [-0.39, 0.29) is 5.69 Å². The topological polar surface area (TPSA) is 112 Å². The van der Waals surface area contributed by atoms with Crippen LogP contribution in [0.5, 0.6) is 0 Å². The predicted molar refractivity (Wildman–Crippen MR) is 141 cm³/mol. The average Bonchev–Trinajstić information content (AvgIpc) is 3.65. The van der Waals surface area contributed by atoms with E-state index in [2.05, 4.69) is 51.5 Å². The van der Waals surface area contributed by atoms with E-state index < -0.39 is 0 Å². The van der Waals surface area contributed by atoms with Crippen LogP contribution in [-0.4, -0.2) is 44.5 Å². The minimum atomic E-state index is -0.0698. The van der Waals surface area contributed by atoms with Crippen LogP contribution in [0.25, 0.3) is 28.3 Å². The van der Waals surface area contributed by atoms with Gasteiger partial charge in [0, 0.05) is 42.5 Å². The van der Waals surface area contributed by atoms with E-state index >= 15 is 0 Å². The SMILES string of the molecule is CCCCc1cn(-c2ccnn2CC(C)C)c(=O)n1Cc1cnccc1-c1ccc(-c2nnn[nH]2)cc1. The van der Waals surface area contributed by atoms with Gasteiger partial charge in [-0.05, 0) is 51.9 Å². The van der Waals surface area contributed by atoms with E-state index in [4.69, 9.17) is 0 Å². The Bertz CT molecular complexity index is 1510. The number of unbranched alkanes of at least 4 members (excludes halogenated alkanes) is 1. The molecule has 0 saturated heterocycles. The van der Waals surface area contributed by atoms with Crippen molar-refractivity contribution in [2.75, 3.05) is 0 Å². The van der Waals surface area contributed by atoms with Crippen LogP contribution in [0.4, 0.5) is 0 Å². The van der Waals surface area contributed by atoms with Crippen molar-refractivity contribution in [1.82, 2.24) is 44.5 Å². The number of nitrogens with one attached hydrogen (secondary N) is 1. The highest BCUT2D eigenvalue weighted by molar-refractivity contribution is 5.69. The number of H-pyrrole nitrogens is 1. The van der Waals surface area contributed by atoms with Gasteiger partial charge in [-0.2, -0.15) is 5.10 Å². The molecule has 0 fully saturated rings. The molecule has 37 heavy (non-hydrogen) atoms. The molecule has 0 spiro atoms. The Morgan fingerprint density at radius 2 is 1.84 bits per heavy atom. The van der Waals surface area contributed by atoms with Gasteiger partial charge in [-0.15, -0.1) is 5.10 Å². The van der Waals surface area contributed by atoms with E-state index in [1.54, 1.807) is 17.0 Å². The lowest BCUT2D eigenvalue weighted by Gasteiger charge is -2.12. The van der Waals surface area contributed by atoms with Crippen molar-refractivity contribution < 1.29 is 0 Å². The largest absolute Gasteiger partial charge is 0.334 e. The molecular formula is C27H31N9O. The van der Waals surface area contributed by atoms with Gasteiger partial charge in [0.15, 0.2) is 5.82 Å². The molecule has 0 radical (unpaired) electrons. The van der Waals surface area contributed by atoms with Gasteiger partial charge in [0.25, 0.3) is 0 Å². The Labute approximate surface area is 215 Å². The van der Waals surface area contributed by atoms with Crippen molar-refractivity contribution in [3.8, 4) is 28.3 Å². The summed E-state index contributed by atoms with van der Waals surface area (Å²) in [6.07, 6.45) is 10.2. The second-order valence-electron chi connectivity index (χ2n) is 9.59. The molecule has 0 saturated carbocycles. The molecule has 190 valence electrons. The first kappa shape index (κ1) is 24.4. The number of tetrazole rings is 1. The highest BCUT2D eigenvalue weighted by Crippen LogP contribution is 2.26. The molecular weight excluding hydrogens is 466 g/mol. The third kappa shape index (κ3) is 5.13. The molecule has 0 unspecified atom stereocenters. The number of aromatic amines is 1. The molecule has 10 heteroatoms. The van der Waals surface area contributed by atoms with Crippen LogP contribution in [0.15, 0.2) is 66.0 Å². The summed E-state index contributed by atoms with van der Waals surface area (Å²) in [4.78, 5) is 18.1. The summed E-state index contributed by atoms with van der Waals surface area (Å²) in [7, 11) is 0. The number of imidazole rings is 1. The predicted octanol–water partition coefficient (Wildman–Crippen LogP) is 4.12. The van der Waals surface area contributed by atoms with E-state index in [0.717, 1.165) is 59.6 Å². The van der Waals surface area contributed by atoms with Crippen molar-refractivity contribution >= 4 is 0 Å². The van der Waals surface area contributed by atoms with Gasteiger partial charge in [0.2, 0.25) is 0 Å². The average molecular weight is 498 g/mol. The summed E-state index contributed by atoms with van der Waals surface area (Å²) in [5.41, 5.74) is 4.88. The Hall–Kier alpha value is -4.34. The normalized spacial score (nSPS) is 11.5. The first-order valence-electron chi connectivity index (χ1n) is 12.7. The molecule has 1 aromatic carbocycles. The molecule has 10 nitrogen and oxygen atoms in total. The summed E-state index contributed by atoms with van der Waals surface area (Å²) in [5.74, 6) is 1.83. The van der Waals surface area contributed by atoms with Gasteiger partial charge < -0.3 is 0 Å². The van der Waals surface area contributed by atoms with Crippen molar-refractivity contribution in [2.24, 2.45) is 5.92 Å². The minimum absolute atomic E-state index is 0.0698. The van der Waals surface area contributed by atoms with Gasteiger partial charge in [-0.25, -0.2) is 14.6 Å². The fraction of sp³-hybridized carbons (Fsp3) is 0.333.